The summed E-state index contributed by atoms with van der Waals surface area (Å²) in [6.45, 7) is 4.81. The molecule has 1 aromatic carbocycles. The lowest BCUT2D eigenvalue weighted by Gasteiger charge is -2.57. The minimum Gasteiger partial charge on any atom is -0.393 e. The van der Waals surface area contributed by atoms with Gasteiger partial charge in [0.15, 0.2) is 0 Å². The second-order valence-corrected chi connectivity index (χ2v) is 10.4. The molecule has 2 nitrogen and oxygen atoms in total. The summed E-state index contributed by atoms with van der Waals surface area (Å²) in [6, 6.07) is 10.5. The van der Waals surface area contributed by atoms with Crippen molar-refractivity contribution < 1.29 is 10.2 Å². The van der Waals surface area contributed by atoms with Gasteiger partial charge in [0.05, 0.1) is 12.2 Å². The molecule has 0 unspecified atom stereocenters. The lowest BCUT2D eigenvalue weighted by atomic mass is 9.48. The maximum Gasteiger partial charge on any atom is 0.0809 e. The Kier molecular flexibility index (Phi) is 4.37. The van der Waals surface area contributed by atoms with Crippen LogP contribution in [-0.4, -0.2) is 22.4 Å². The van der Waals surface area contributed by atoms with E-state index in [0.717, 1.165) is 38.5 Å². The number of benzene rings is 1. The third-order valence-electron chi connectivity index (χ3n) is 9.10. The van der Waals surface area contributed by atoms with Crippen LogP contribution in [0.15, 0.2) is 47.6 Å². The summed E-state index contributed by atoms with van der Waals surface area (Å²) in [7, 11) is 0. The van der Waals surface area contributed by atoms with Gasteiger partial charge in [-0.25, -0.2) is 0 Å². The standard InChI is InChI=1S/C26H34O2/c1-25-12-10-20(27)16-19(25)8-9-21-22(25)11-13-26(2)23(21)15-18(24(26)28)14-17-6-4-3-5-7-17/h3-8,14,20-24,27-28H,9-13,15-16H2,1-2H3/b18-14-/t20-,21-,22+,23+,24-,25-,26-/m0/s1. The number of hydrogen-bond acceptors (Lipinski definition) is 2. The Morgan fingerprint density at radius 2 is 1.75 bits per heavy atom. The Morgan fingerprint density at radius 3 is 2.54 bits per heavy atom. The first-order chi connectivity index (χ1) is 13.4. The molecular weight excluding hydrogens is 344 g/mol. The Morgan fingerprint density at radius 1 is 0.964 bits per heavy atom. The summed E-state index contributed by atoms with van der Waals surface area (Å²) >= 11 is 0. The van der Waals surface area contributed by atoms with Gasteiger partial charge in [-0.3, -0.25) is 0 Å². The molecule has 0 spiro atoms. The first-order valence-corrected chi connectivity index (χ1v) is 11.2. The second kappa shape index (κ2) is 6.57. The molecule has 5 rings (SSSR count). The number of aliphatic hydroxyl groups excluding tert-OH is 2. The summed E-state index contributed by atoms with van der Waals surface area (Å²) in [5, 5.41) is 21.5. The molecule has 4 aliphatic carbocycles. The molecule has 0 heterocycles. The van der Waals surface area contributed by atoms with Crippen LogP contribution in [0.25, 0.3) is 6.08 Å². The van der Waals surface area contributed by atoms with Gasteiger partial charge >= 0.3 is 0 Å². The van der Waals surface area contributed by atoms with Crippen LogP contribution in [-0.2, 0) is 0 Å². The van der Waals surface area contributed by atoms with E-state index in [9.17, 15) is 10.2 Å². The summed E-state index contributed by atoms with van der Waals surface area (Å²) in [5.41, 5.74) is 4.24. The van der Waals surface area contributed by atoms with Crippen LogP contribution >= 0.6 is 0 Å². The first kappa shape index (κ1) is 18.6. The zero-order valence-electron chi connectivity index (χ0n) is 17.3. The van der Waals surface area contributed by atoms with E-state index in [-0.39, 0.29) is 23.0 Å². The largest absolute Gasteiger partial charge is 0.393 e. The number of rotatable bonds is 1. The third kappa shape index (κ3) is 2.68. The molecule has 3 saturated carbocycles. The zero-order valence-corrected chi connectivity index (χ0v) is 17.3. The van der Waals surface area contributed by atoms with Crippen LogP contribution in [0.4, 0.5) is 0 Å². The molecule has 2 heteroatoms. The molecule has 4 aliphatic rings. The van der Waals surface area contributed by atoms with Gasteiger partial charge in [0.1, 0.15) is 0 Å². The Balaban J connectivity index is 1.47. The Labute approximate surface area is 169 Å². The number of aliphatic hydroxyl groups is 2. The SMILES string of the molecule is C[C@]12CC[C@@H]3[C@H](CC=C4C[C@@H](O)CC[C@@]43C)[C@H]1C/C(=C/c1ccccc1)[C@@H]2O. The number of allylic oxidation sites excluding steroid dienone is 1. The van der Waals surface area contributed by atoms with E-state index in [1.165, 1.54) is 23.1 Å². The molecule has 7 atom stereocenters. The van der Waals surface area contributed by atoms with Crippen LogP contribution in [0, 0.1) is 28.6 Å². The Bertz CT molecular complexity index is 809. The van der Waals surface area contributed by atoms with E-state index in [1.54, 1.807) is 0 Å². The van der Waals surface area contributed by atoms with Gasteiger partial charge in [-0.2, -0.15) is 0 Å². The average molecular weight is 379 g/mol. The maximum absolute atomic E-state index is 11.3. The van der Waals surface area contributed by atoms with Gasteiger partial charge in [0.2, 0.25) is 0 Å². The monoisotopic (exact) mass is 378 g/mol. The van der Waals surface area contributed by atoms with Crippen molar-refractivity contribution >= 4 is 6.08 Å². The van der Waals surface area contributed by atoms with E-state index in [1.807, 2.05) is 6.07 Å². The lowest BCUT2D eigenvalue weighted by Crippen LogP contribution is -2.51. The van der Waals surface area contributed by atoms with Crippen molar-refractivity contribution in [3.05, 3.63) is 53.1 Å². The van der Waals surface area contributed by atoms with Crippen LogP contribution in [0.1, 0.15) is 64.4 Å². The van der Waals surface area contributed by atoms with Gasteiger partial charge < -0.3 is 10.2 Å². The highest BCUT2D eigenvalue weighted by molar-refractivity contribution is 5.55. The molecule has 1 aromatic rings. The van der Waals surface area contributed by atoms with Gasteiger partial charge in [0.25, 0.3) is 0 Å². The molecule has 28 heavy (non-hydrogen) atoms. The zero-order chi connectivity index (χ0) is 19.5. The maximum atomic E-state index is 11.3. The van der Waals surface area contributed by atoms with Crippen molar-refractivity contribution in [1.82, 2.24) is 0 Å². The molecular formula is C26H34O2. The van der Waals surface area contributed by atoms with Crippen molar-refractivity contribution in [3.8, 4) is 0 Å². The highest BCUT2D eigenvalue weighted by Gasteiger charge is 2.59. The number of fused-ring (bicyclic) bond motifs is 5. The molecule has 2 N–H and O–H groups in total. The van der Waals surface area contributed by atoms with E-state index in [4.69, 9.17) is 0 Å². The van der Waals surface area contributed by atoms with Crippen LogP contribution in [0.2, 0.25) is 0 Å². The minimum atomic E-state index is -0.315. The molecule has 0 aliphatic heterocycles. The topological polar surface area (TPSA) is 40.5 Å². The lowest BCUT2D eigenvalue weighted by molar-refractivity contribution is -0.0685. The molecule has 0 aromatic heterocycles. The van der Waals surface area contributed by atoms with E-state index in [2.05, 4.69) is 50.3 Å². The van der Waals surface area contributed by atoms with Crippen LogP contribution < -0.4 is 0 Å². The van der Waals surface area contributed by atoms with Gasteiger partial charge in [0, 0.05) is 5.41 Å². The fraction of sp³-hybridized carbons (Fsp3) is 0.615. The summed E-state index contributed by atoms with van der Waals surface area (Å²) < 4.78 is 0. The summed E-state index contributed by atoms with van der Waals surface area (Å²) in [6.07, 6.45) is 11.7. The van der Waals surface area contributed by atoms with E-state index >= 15 is 0 Å². The summed E-state index contributed by atoms with van der Waals surface area (Å²) in [5.74, 6) is 1.94. The second-order valence-electron chi connectivity index (χ2n) is 10.4. The third-order valence-corrected chi connectivity index (χ3v) is 9.10. The molecule has 3 fully saturated rings. The van der Waals surface area contributed by atoms with Crippen molar-refractivity contribution in [2.45, 2.75) is 71.0 Å². The molecule has 0 radical (unpaired) electrons. The van der Waals surface area contributed by atoms with E-state index in [0.29, 0.717) is 17.8 Å². The highest BCUT2D eigenvalue weighted by atomic mass is 16.3. The summed E-state index contributed by atoms with van der Waals surface area (Å²) in [4.78, 5) is 0. The van der Waals surface area contributed by atoms with Gasteiger partial charge in [-0.15, -0.1) is 0 Å². The quantitative estimate of drug-likeness (QED) is 0.646. The molecule has 0 saturated heterocycles. The smallest absolute Gasteiger partial charge is 0.0809 e. The molecule has 0 amide bonds. The predicted molar refractivity (Wildman–Crippen MR) is 114 cm³/mol. The predicted octanol–water partition coefficient (Wildman–Crippen LogP) is 5.36. The van der Waals surface area contributed by atoms with E-state index < -0.39 is 0 Å². The fourth-order valence-electron chi connectivity index (χ4n) is 7.40. The normalized spacial score (nSPS) is 46.5. The van der Waals surface area contributed by atoms with Crippen molar-refractivity contribution in [1.29, 1.82) is 0 Å². The number of hydrogen-bond donors (Lipinski definition) is 2. The van der Waals surface area contributed by atoms with Crippen molar-refractivity contribution in [2.24, 2.45) is 28.6 Å². The van der Waals surface area contributed by atoms with Crippen LogP contribution in [0.3, 0.4) is 0 Å². The molecule has 0 bridgehead atoms. The Hall–Kier alpha value is -1.38. The van der Waals surface area contributed by atoms with Crippen LogP contribution in [0.5, 0.6) is 0 Å². The van der Waals surface area contributed by atoms with Gasteiger partial charge in [-0.05, 0) is 79.3 Å². The van der Waals surface area contributed by atoms with Crippen molar-refractivity contribution in [2.75, 3.05) is 0 Å². The molecule has 150 valence electrons. The first-order valence-electron chi connectivity index (χ1n) is 11.2. The van der Waals surface area contributed by atoms with Crippen molar-refractivity contribution in [3.63, 3.8) is 0 Å². The fourth-order valence-corrected chi connectivity index (χ4v) is 7.40. The average Bonchev–Trinajstić information content (AvgIpc) is 2.94. The minimum absolute atomic E-state index is 0.0116. The van der Waals surface area contributed by atoms with Gasteiger partial charge in [-0.1, -0.05) is 61.9 Å². The highest BCUT2D eigenvalue weighted by Crippen LogP contribution is 2.65.